The lowest BCUT2D eigenvalue weighted by molar-refractivity contribution is 0.612. The summed E-state index contributed by atoms with van der Waals surface area (Å²) in [6, 6.07) is 17.8. The van der Waals surface area contributed by atoms with Crippen LogP contribution in [0.5, 0.6) is 0 Å². The summed E-state index contributed by atoms with van der Waals surface area (Å²) in [5.74, 6) is 0.595. The molecule has 0 amide bonds. The summed E-state index contributed by atoms with van der Waals surface area (Å²) in [5.41, 5.74) is 2.94. The summed E-state index contributed by atoms with van der Waals surface area (Å²) < 4.78 is 149. The van der Waals surface area contributed by atoms with E-state index in [0.29, 0.717) is 33.3 Å². The largest absolute Gasteiger partial charge is 0.452 e. The normalized spacial score (nSPS) is 15.9. The maximum Gasteiger partial charge on any atom is 0.178 e. The fourth-order valence-electron chi connectivity index (χ4n) is 7.38. The third-order valence-corrected chi connectivity index (χ3v) is 9.56. The van der Waals surface area contributed by atoms with Gasteiger partial charge in [0.2, 0.25) is 0 Å². The number of rotatable bonds is 4. The van der Waals surface area contributed by atoms with Gasteiger partial charge < -0.3 is 8.83 Å². The fraction of sp³-hybridized carbons (Fsp3) is 0. The molecule has 0 fully saturated rings. The smallest absolute Gasteiger partial charge is 0.178 e. The van der Waals surface area contributed by atoms with Crippen LogP contribution < -0.4 is 0 Å². The predicted octanol–water partition coefficient (Wildman–Crippen LogP) is 14.5. The van der Waals surface area contributed by atoms with E-state index in [1.165, 1.54) is 0 Å². The van der Waals surface area contributed by atoms with Gasteiger partial charge in [0.05, 0.1) is 20.6 Å². The Morgan fingerprint density at radius 2 is 0.981 bits per heavy atom. The van der Waals surface area contributed by atoms with Gasteiger partial charge in [0.15, 0.2) is 11.2 Å². The molecule has 0 aliphatic heterocycles. The molecule has 0 N–H and O–H groups in total. The van der Waals surface area contributed by atoms with Crippen molar-refractivity contribution in [2.75, 3.05) is 0 Å². The molecule has 0 aliphatic rings. The molecule has 2 nitrogen and oxygen atoms in total. The van der Waals surface area contributed by atoms with E-state index in [-0.39, 0.29) is 32.7 Å². The molecule has 0 bridgehead atoms. The number of furan rings is 2. The van der Waals surface area contributed by atoms with Gasteiger partial charge in [-0.15, -0.1) is 0 Å². The molecule has 2 heterocycles. The van der Waals surface area contributed by atoms with Crippen molar-refractivity contribution in [2.24, 2.45) is 0 Å². The molecule has 2 heteroatoms. The Bertz CT molecular complexity index is 3950. The van der Waals surface area contributed by atoms with Crippen molar-refractivity contribution in [3.63, 3.8) is 0 Å². The van der Waals surface area contributed by atoms with Crippen LogP contribution in [0.25, 0.3) is 110 Å². The van der Waals surface area contributed by atoms with Crippen LogP contribution in [0.1, 0.15) is 20.6 Å². The Hall–Kier alpha value is -6.90. The van der Waals surface area contributed by atoms with E-state index >= 15 is 0 Å². The predicted molar refractivity (Wildman–Crippen MR) is 218 cm³/mol. The molecule has 0 saturated carbocycles. The molecular formula is C50H30O2. The number of benzene rings is 9. The van der Waals surface area contributed by atoms with Crippen molar-refractivity contribution < 1.29 is 29.4 Å². The highest BCUT2D eigenvalue weighted by molar-refractivity contribution is 6.27. The van der Waals surface area contributed by atoms with Gasteiger partial charge in [-0.2, -0.15) is 0 Å². The van der Waals surface area contributed by atoms with Crippen LogP contribution in [0.15, 0.2) is 190 Å². The van der Waals surface area contributed by atoms with Gasteiger partial charge >= 0.3 is 0 Å². The lowest BCUT2D eigenvalue weighted by Crippen LogP contribution is -1.91. The average molecular weight is 678 g/mol. The second kappa shape index (κ2) is 11.3. The van der Waals surface area contributed by atoms with E-state index in [0.717, 1.165) is 22.1 Å². The van der Waals surface area contributed by atoms with Crippen molar-refractivity contribution >= 4 is 65.2 Å². The van der Waals surface area contributed by atoms with Gasteiger partial charge in [-0.1, -0.05) is 157 Å². The van der Waals surface area contributed by atoms with Crippen molar-refractivity contribution in [3.8, 4) is 44.7 Å². The minimum Gasteiger partial charge on any atom is -0.452 e. The third-order valence-electron chi connectivity index (χ3n) is 9.56. The number of hydrogen-bond acceptors (Lipinski definition) is 2. The lowest BCUT2D eigenvalue weighted by Gasteiger charge is -2.18. The first-order valence-corrected chi connectivity index (χ1v) is 16.5. The maximum absolute atomic E-state index is 9.54. The molecule has 2 aromatic heterocycles. The molecule has 0 aliphatic carbocycles. The second-order valence-electron chi connectivity index (χ2n) is 12.4. The van der Waals surface area contributed by atoms with Crippen LogP contribution in [0.2, 0.25) is 0 Å². The highest BCUT2D eigenvalue weighted by Gasteiger charge is 2.24. The van der Waals surface area contributed by atoms with Crippen LogP contribution in [-0.4, -0.2) is 0 Å². The Balaban J connectivity index is 1.35. The van der Waals surface area contributed by atoms with Gasteiger partial charge in [-0.25, -0.2) is 0 Å². The first-order chi connectivity index (χ1) is 32.1. The molecule has 9 aromatic carbocycles. The van der Waals surface area contributed by atoms with Crippen LogP contribution in [-0.2, 0) is 0 Å². The first kappa shape index (κ1) is 17.8. The zero-order chi connectivity index (χ0) is 47.2. The minimum absolute atomic E-state index is 0.0256. The Morgan fingerprint density at radius 1 is 0.385 bits per heavy atom. The number of fused-ring (bicyclic) bond motifs is 8. The summed E-state index contributed by atoms with van der Waals surface area (Å²) in [6.45, 7) is 0. The van der Waals surface area contributed by atoms with Crippen molar-refractivity contribution in [3.05, 3.63) is 182 Å². The molecule has 0 unspecified atom stereocenters. The van der Waals surface area contributed by atoms with Crippen molar-refractivity contribution in [1.82, 2.24) is 0 Å². The van der Waals surface area contributed by atoms with Crippen LogP contribution in [0.4, 0.5) is 0 Å². The van der Waals surface area contributed by atoms with Gasteiger partial charge in [0, 0.05) is 27.3 Å². The Morgan fingerprint density at radius 3 is 1.69 bits per heavy atom. The molecule has 52 heavy (non-hydrogen) atoms. The highest BCUT2D eigenvalue weighted by atomic mass is 16.4. The SMILES string of the molecule is [2H]c1c([2H])c([2H])c2c([2H])c(-c3c4c([2H])c([2H])c([2H])c([2H])c4c(-c4cccc5oc6c(ccc7c(-c8ccccc8)c(-c8ccccc8)oc76)c45)c4c([2H])c([2H])c([2H])c([2H])c34)c([2H])c([2H])c2c1[2H]. The van der Waals surface area contributed by atoms with E-state index in [1.54, 1.807) is 18.2 Å². The lowest BCUT2D eigenvalue weighted by atomic mass is 9.84. The minimum atomic E-state index is -0.757. The van der Waals surface area contributed by atoms with E-state index in [4.69, 9.17) is 21.2 Å². The zero-order valence-corrected chi connectivity index (χ0v) is 27.0. The Kier molecular flexibility index (Phi) is 3.88. The van der Waals surface area contributed by atoms with E-state index in [1.807, 2.05) is 72.8 Å². The van der Waals surface area contributed by atoms with E-state index < -0.39 is 113 Å². The van der Waals surface area contributed by atoms with Crippen LogP contribution in [0.3, 0.4) is 0 Å². The Labute approximate surface area is 320 Å². The van der Waals surface area contributed by atoms with Gasteiger partial charge in [-0.05, 0) is 84.4 Å². The highest BCUT2D eigenvalue weighted by Crippen LogP contribution is 2.49. The fourth-order valence-corrected chi connectivity index (χ4v) is 7.38. The summed E-state index contributed by atoms with van der Waals surface area (Å²) in [6.07, 6.45) is 0. The summed E-state index contributed by atoms with van der Waals surface area (Å²) >= 11 is 0. The van der Waals surface area contributed by atoms with E-state index in [2.05, 4.69) is 0 Å². The first-order valence-electron chi connectivity index (χ1n) is 24.0. The number of hydrogen-bond donors (Lipinski definition) is 0. The molecule has 11 rings (SSSR count). The van der Waals surface area contributed by atoms with Crippen molar-refractivity contribution in [1.29, 1.82) is 0 Å². The van der Waals surface area contributed by atoms with Gasteiger partial charge in [-0.3, -0.25) is 0 Å². The molecule has 242 valence electrons. The molecule has 0 spiro atoms. The molecular weight excluding hydrogens is 633 g/mol. The quantitative estimate of drug-likeness (QED) is 0.173. The second-order valence-corrected chi connectivity index (χ2v) is 12.4. The molecule has 11 aromatic rings. The van der Waals surface area contributed by atoms with E-state index in [9.17, 15) is 8.22 Å². The average Bonchev–Trinajstić information content (AvgIpc) is 3.93. The summed E-state index contributed by atoms with van der Waals surface area (Å²) in [7, 11) is 0. The topological polar surface area (TPSA) is 26.3 Å². The maximum atomic E-state index is 9.54. The standard InChI is InChI=1S/C50H30O2/c1-3-15-32(16-4-1)45-41-28-29-42-47-40(24-13-25-43(47)51-49(42)50(41)52-48(45)33-17-5-2-6-18-33)46-38-22-11-9-20-36(38)44(37-21-10-12-23-39(37)46)35-27-26-31-14-7-8-19-34(31)30-35/h1-30H/i7D,8D,9D,10D,11D,12D,14D,19D,20D,21D,22D,23D,26D,27D,30D. The van der Waals surface area contributed by atoms with Crippen molar-refractivity contribution in [2.45, 2.75) is 0 Å². The summed E-state index contributed by atoms with van der Waals surface area (Å²) in [4.78, 5) is 0. The summed E-state index contributed by atoms with van der Waals surface area (Å²) in [5, 5.41) is -0.304. The van der Waals surface area contributed by atoms with Gasteiger partial charge in [0.1, 0.15) is 11.3 Å². The molecule has 0 saturated heterocycles. The molecule has 0 atom stereocenters. The zero-order valence-electron chi connectivity index (χ0n) is 42.0. The third kappa shape index (κ3) is 4.25. The van der Waals surface area contributed by atoms with Gasteiger partial charge in [0.25, 0.3) is 0 Å². The monoisotopic (exact) mass is 677 g/mol. The van der Waals surface area contributed by atoms with Crippen LogP contribution in [0, 0.1) is 0 Å². The van der Waals surface area contributed by atoms with Crippen LogP contribution >= 0.6 is 0 Å². The molecule has 0 radical (unpaired) electrons.